The van der Waals surface area contributed by atoms with E-state index >= 15 is 0 Å². The minimum absolute atomic E-state index is 1.05. The molecule has 0 bridgehead atoms. The first-order valence-electron chi connectivity index (χ1n) is 24.8. The number of hydrogen-bond donors (Lipinski definition) is 2. The molecule has 0 radical (unpaired) electrons. The van der Waals surface area contributed by atoms with E-state index in [2.05, 4.69) is 274 Å². The number of nitrogens with zero attached hydrogens (tertiary/aromatic N) is 3. The van der Waals surface area contributed by atoms with Crippen LogP contribution in [0.2, 0.25) is 0 Å². The summed E-state index contributed by atoms with van der Waals surface area (Å²) in [5.74, 6) is 0. The van der Waals surface area contributed by atoms with Crippen LogP contribution in [0.4, 0.5) is 11.4 Å². The predicted octanol–water partition coefficient (Wildman–Crippen LogP) is 16.7. The number of hydrogen-bond acceptors (Lipinski definition) is 3. The van der Waals surface area contributed by atoms with Gasteiger partial charge >= 0.3 is 411 Å². The monoisotopic (exact) mass is 988 g/mol. The molecule has 4 nitrogen and oxygen atoms in total. The van der Waals surface area contributed by atoms with Gasteiger partial charge < -0.3 is 0 Å². The molecular formula is C66H45N4PS2. The van der Waals surface area contributed by atoms with Gasteiger partial charge in [0, 0.05) is 0 Å². The molecule has 0 spiro atoms. The predicted molar refractivity (Wildman–Crippen MR) is 318 cm³/mol. The molecular weight excluding hydrogens is 944 g/mol. The van der Waals surface area contributed by atoms with Crippen LogP contribution in [-0.2, 0) is 0 Å². The van der Waals surface area contributed by atoms with Crippen molar-refractivity contribution >= 4 is 123 Å². The van der Waals surface area contributed by atoms with Gasteiger partial charge in [0.15, 0.2) is 0 Å². The number of nitrogens with one attached hydrogen (secondary N) is 1. The molecule has 0 saturated heterocycles. The molecule has 1 N–H and O–H groups in total. The van der Waals surface area contributed by atoms with Gasteiger partial charge in [-0.2, -0.15) is 0 Å². The normalized spacial score (nSPS) is 13.5. The summed E-state index contributed by atoms with van der Waals surface area (Å²) in [6.07, 6.45) is 0. The fraction of sp³-hybridized carbons (Fsp3) is 0. The number of anilines is 2. The Morgan fingerprint density at radius 3 is 1.53 bits per heavy atom. The fourth-order valence-corrected chi connectivity index (χ4v) is 19.3. The van der Waals surface area contributed by atoms with Crippen molar-refractivity contribution in [3.05, 3.63) is 255 Å². The summed E-state index contributed by atoms with van der Waals surface area (Å²) in [5.41, 5.74) is 15.0. The summed E-state index contributed by atoms with van der Waals surface area (Å²) in [6.45, 7) is -2.86. The van der Waals surface area contributed by atoms with E-state index in [4.69, 9.17) is 12.2 Å². The van der Waals surface area contributed by atoms with Crippen molar-refractivity contribution in [1.82, 2.24) is 13.7 Å². The number of para-hydroxylation sites is 7. The van der Waals surface area contributed by atoms with Gasteiger partial charge in [-0.1, -0.05) is 24.3 Å². The second-order valence-electron chi connectivity index (χ2n) is 19.0. The molecule has 11 aromatic carbocycles. The summed E-state index contributed by atoms with van der Waals surface area (Å²) in [6, 6.07) is 93.3. The Morgan fingerprint density at radius 1 is 0.356 bits per heavy atom. The molecule has 346 valence electrons. The quantitative estimate of drug-likeness (QED) is 0.123. The van der Waals surface area contributed by atoms with Crippen molar-refractivity contribution in [2.45, 2.75) is 9.79 Å². The number of aromatic nitrogens is 3. The average Bonchev–Trinajstić information content (AvgIpc) is 4.10. The third-order valence-electron chi connectivity index (χ3n) is 15.1. The van der Waals surface area contributed by atoms with Crippen molar-refractivity contribution < 1.29 is 0 Å². The van der Waals surface area contributed by atoms with Crippen LogP contribution in [-0.4, -0.2) is 13.7 Å². The zero-order valence-corrected chi connectivity index (χ0v) is 42.2. The first-order chi connectivity index (χ1) is 36.1. The second kappa shape index (κ2) is 16.7. The van der Waals surface area contributed by atoms with E-state index in [1.165, 1.54) is 96.7 Å². The van der Waals surface area contributed by atoms with Gasteiger partial charge in [0.05, 0.1) is 0 Å². The van der Waals surface area contributed by atoms with E-state index in [0.717, 1.165) is 34.0 Å². The SMILES string of the molecule is S[PH]1(c2ccccc2)c2ccc(-n3c4ccccc4c4cccc(-c5ccccc5Nc5ccccc5)c43)cc2Sc2cc(-n3c4ccccc4c4ccc5c(c6ccccc6n5-c5ccccc5)c43)ccc21. The van der Waals surface area contributed by atoms with Crippen LogP contribution in [0.15, 0.2) is 265 Å². The van der Waals surface area contributed by atoms with Crippen molar-refractivity contribution in [2.75, 3.05) is 5.32 Å². The molecule has 0 amide bonds. The number of benzene rings is 11. The van der Waals surface area contributed by atoms with E-state index in [-0.39, 0.29) is 0 Å². The summed E-state index contributed by atoms with van der Waals surface area (Å²) in [4.78, 5) is 2.47. The maximum atomic E-state index is 6.00. The Bertz CT molecular complexity index is 4520. The Hall–Kier alpha value is -8.25. The molecule has 0 unspecified atom stereocenters. The molecule has 0 fully saturated rings. The number of fused-ring (bicyclic) bond motifs is 12. The van der Waals surface area contributed by atoms with Crippen molar-refractivity contribution in [2.24, 2.45) is 0 Å². The summed E-state index contributed by atoms with van der Waals surface area (Å²) >= 11 is 7.88. The van der Waals surface area contributed by atoms with Crippen LogP contribution in [0.25, 0.3) is 93.6 Å². The first kappa shape index (κ1) is 42.4. The number of rotatable bonds is 7. The molecule has 1 aliphatic rings. The molecule has 73 heavy (non-hydrogen) atoms. The van der Waals surface area contributed by atoms with Gasteiger partial charge in [-0.15, -0.1) is 0 Å². The van der Waals surface area contributed by atoms with Gasteiger partial charge in [0.1, 0.15) is 0 Å². The first-order valence-corrected chi connectivity index (χ1v) is 28.9. The van der Waals surface area contributed by atoms with Crippen LogP contribution in [0, 0.1) is 0 Å². The molecule has 0 aliphatic carbocycles. The van der Waals surface area contributed by atoms with Crippen molar-refractivity contribution in [3.8, 4) is 28.2 Å². The molecule has 4 heterocycles. The summed E-state index contributed by atoms with van der Waals surface area (Å²) < 4.78 is 7.44. The topological polar surface area (TPSA) is 26.8 Å². The third-order valence-corrected chi connectivity index (χ3v) is 22.4. The van der Waals surface area contributed by atoms with E-state index in [9.17, 15) is 0 Å². The van der Waals surface area contributed by atoms with Crippen molar-refractivity contribution in [1.29, 1.82) is 0 Å². The van der Waals surface area contributed by atoms with Crippen LogP contribution in [0.3, 0.4) is 0 Å². The van der Waals surface area contributed by atoms with Gasteiger partial charge in [0.25, 0.3) is 0 Å². The Labute approximate surface area is 432 Å². The molecule has 1 aliphatic heterocycles. The Kier molecular flexibility index (Phi) is 9.68. The molecule has 0 saturated carbocycles. The third kappa shape index (κ3) is 6.41. The van der Waals surface area contributed by atoms with E-state index in [1.54, 1.807) is 0 Å². The average molecular weight is 989 g/mol. The molecule has 14 aromatic rings. The van der Waals surface area contributed by atoms with Gasteiger partial charge in [-0.3, -0.25) is 0 Å². The van der Waals surface area contributed by atoms with Gasteiger partial charge in [-0.05, 0) is 0 Å². The molecule has 0 atom stereocenters. The Morgan fingerprint density at radius 2 is 0.863 bits per heavy atom. The zero-order chi connectivity index (χ0) is 48.2. The van der Waals surface area contributed by atoms with Crippen molar-refractivity contribution in [3.63, 3.8) is 0 Å². The van der Waals surface area contributed by atoms with Crippen LogP contribution in [0.1, 0.15) is 0 Å². The zero-order valence-electron chi connectivity index (χ0n) is 39.4. The second-order valence-corrected chi connectivity index (χ2v) is 25.2. The molecule has 3 aromatic heterocycles. The maximum absolute atomic E-state index is 6.00. The van der Waals surface area contributed by atoms with E-state index < -0.39 is 6.46 Å². The molecule has 7 heteroatoms. The fourth-order valence-electron chi connectivity index (χ4n) is 12.0. The summed E-state index contributed by atoms with van der Waals surface area (Å²) in [7, 11) is 0. The van der Waals surface area contributed by atoms with Crippen LogP contribution >= 0.6 is 30.5 Å². The van der Waals surface area contributed by atoms with Crippen LogP contribution < -0.4 is 21.2 Å². The Balaban J connectivity index is 0.952. The van der Waals surface area contributed by atoms with Crippen LogP contribution in [0.5, 0.6) is 0 Å². The standard InChI is InChI=1S/C66H45N4PS2/c72-71(47-23-8-3-9-24-47)60-39-35-45(69-56-32-15-11-26-49(56)52-30-18-29-51(65(52)69)48-25-10-14-31-55(48)67-43-19-4-1-5-20-43)41-62(60)73-63-42-46(36-40-61(63)71)70-57-33-16-12-27-50(57)53-37-38-59-64(66(53)70)54-28-13-17-34-58(54)68(59)44-21-6-2-7-22-44/h1-42,67,71-72H. The minimum atomic E-state index is -2.86. The van der Waals surface area contributed by atoms with E-state index in [1.807, 2.05) is 11.8 Å². The van der Waals surface area contributed by atoms with E-state index in [0.29, 0.717) is 0 Å². The van der Waals surface area contributed by atoms with Gasteiger partial charge in [0.2, 0.25) is 0 Å². The number of thiol groups is 1. The summed E-state index contributed by atoms with van der Waals surface area (Å²) in [5, 5.41) is 15.0. The molecule has 15 rings (SSSR count). The van der Waals surface area contributed by atoms with Gasteiger partial charge in [-0.25, -0.2) is 0 Å².